The molecule has 0 saturated carbocycles. The zero-order valence-corrected chi connectivity index (χ0v) is 23.4. The van der Waals surface area contributed by atoms with Crippen molar-refractivity contribution in [3.63, 3.8) is 0 Å². The molecular weight excluding hydrogens is 435 g/mol. The summed E-state index contributed by atoms with van der Waals surface area (Å²) in [5.41, 5.74) is 16.4. The van der Waals surface area contributed by atoms with Gasteiger partial charge in [-0.05, 0) is 115 Å². The standard InChI is InChI=1S/C33H39BN2/c1-20(2)27-14-11-15-28(21(3)4)32(27)34-35(9)29-19-26(30-22(5)12-10-13-23(30)6)18-25(8)31(29)33-24(7)16-17-36(33)34/h10-21H,1-9H3. The molecule has 0 atom stereocenters. The lowest BCUT2D eigenvalue weighted by atomic mass is 9.58. The van der Waals surface area contributed by atoms with Gasteiger partial charge < -0.3 is 9.29 Å². The van der Waals surface area contributed by atoms with Gasteiger partial charge in [-0.25, -0.2) is 0 Å². The van der Waals surface area contributed by atoms with Crippen LogP contribution in [-0.4, -0.2) is 18.5 Å². The van der Waals surface area contributed by atoms with Crippen LogP contribution in [-0.2, 0) is 0 Å². The molecule has 0 bridgehead atoms. The fraction of sp³-hybridized carbons (Fsp3) is 0.333. The highest BCUT2D eigenvalue weighted by Crippen LogP contribution is 2.44. The van der Waals surface area contributed by atoms with Gasteiger partial charge in [0.25, 0.3) is 0 Å². The van der Waals surface area contributed by atoms with Gasteiger partial charge in [-0.15, -0.1) is 0 Å². The predicted molar refractivity (Wildman–Crippen MR) is 158 cm³/mol. The van der Waals surface area contributed by atoms with E-state index >= 15 is 0 Å². The van der Waals surface area contributed by atoms with Crippen molar-refractivity contribution in [1.29, 1.82) is 0 Å². The van der Waals surface area contributed by atoms with E-state index in [9.17, 15) is 0 Å². The van der Waals surface area contributed by atoms with E-state index in [1.807, 2.05) is 0 Å². The molecule has 5 rings (SSSR count). The van der Waals surface area contributed by atoms with Crippen LogP contribution < -0.4 is 10.3 Å². The summed E-state index contributed by atoms with van der Waals surface area (Å²) < 4.78 is 2.52. The molecule has 1 aliphatic heterocycles. The van der Waals surface area contributed by atoms with Gasteiger partial charge in [0, 0.05) is 16.9 Å². The van der Waals surface area contributed by atoms with Crippen LogP contribution in [0.15, 0.2) is 60.8 Å². The van der Waals surface area contributed by atoms with Gasteiger partial charge in [-0.1, -0.05) is 70.2 Å². The number of rotatable bonds is 4. The summed E-state index contributed by atoms with van der Waals surface area (Å²) in [6.07, 6.45) is 2.30. The van der Waals surface area contributed by atoms with Crippen molar-refractivity contribution in [3.05, 3.63) is 94.2 Å². The van der Waals surface area contributed by atoms with Gasteiger partial charge in [-0.3, -0.25) is 0 Å². The number of fused-ring (bicyclic) bond motifs is 3. The van der Waals surface area contributed by atoms with Crippen LogP contribution in [0.25, 0.3) is 22.4 Å². The van der Waals surface area contributed by atoms with Crippen LogP contribution in [0.1, 0.15) is 72.9 Å². The first-order valence-corrected chi connectivity index (χ1v) is 13.4. The van der Waals surface area contributed by atoms with Crippen molar-refractivity contribution < 1.29 is 0 Å². The summed E-state index contributed by atoms with van der Waals surface area (Å²) in [7, 11) is 2.29. The zero-order chi connectivity index (χ0) is 25.9. The second-order valence-electron chi connectivity index (χ2n) is 11.4. The number of nitrogens with zero attached hydrogens (tertiary/aromatic N) is 2. The average molecular weight is 475 g/mol. The summed E-state index contributed by atoms with van der Waals surface area (Å²) in [6, 6.07) is 20.7. The molecule has 2 heterocycles. The Morgan fingerprint density at radius 2 is 1.25 bits per heavy atom. The first kappa shape index (κ1) is 24.5. The minimum Gasteiger partial charge on any atom is -0.394 e. The van der Waals surface area contributed by atoms with Crippen LogP contribution in [0.4, 0.5) is 5.69 Å². The topological polar surface area (TPSA) is 8.17 Å². The van der Waals surface area contributed by atoms with E-state index in [1.165, 1.54) is 66.9 Å². The van der Waals surface area contributed by atoms with Crippen LogP contribution >= 0.6 is 0 Å². The third kappa shape index (κ3) is 3.72. The maximum absolute atomic E-state index is 2.53. The number of hydrogen-bond acceptors (Lipinski definition) is 1. The molecule has 0 saturated heterocycles. The Hall–Kier alpha value is -3.20. The normalized spacial score (nSPS) is 13.0. The molecule has 184 valence electrons. The van der Waals surface area contributed by atoms with Crippen LogP contribution in [0.5, 0.6) is 0 Å². The van der Waals surface area contributed by atoms with Gasteiger partial charge in [0.2, 0.25) is 0 Å². The summed E-state index contributed by atoms with van der Waals surface area (Å²) in [6.45, 7) is 18.4. The van der Waals surface area contributed by atoms with Crippen molar-refractivity contribution in [3.8, 4) is 22.4 Å². The molecule has 3 aromatic carbocycles. The molecule has 3 heteroatoms. The maximum Gasteiger partial charge on any atom is 0.415 e. The van der Waals surface area contributed by atoms with Gasteiger partial charge in [0.15, 0.2) is 0 Å². The van der Waals surface area contributed by atoms with Gasteiger partial charge in [-0.2, -0.15) is 0 Å². The van der Waals surface area contributed by atoms with Crippen LogP contribution in [0.2, 0.25) is 0 Å². The molecule has 1 aromatic heterocycles. The van der Waals surface area contributed by atoms with Crippen molar-refractivity contribution >= 4 is 18.1 Å². The summed E-state index contributed by atoms with van der Waals surface area (Å²) in [5.74, 6) is 0.910. The number of anilines is 1. The van der Waals surface area contributed by atoms with Crippen molar-refractivity contribution in [1.82, 2.24) is 4.48 Å². The van der Waals surface area contributed by atoms with E-state index < -0.39 is 0 Å². The first-order valence-electron chi connectivity index (χ1n) is 13.4. The Labute approximate surface area is 218 Å². The summed E-state index contributed by atoms with van der Waals surface area (Å²) >= 11 is 0. The van der Waals surface area contributed by atoms with Gasteiger partial charge in [0.05, 0.1) is 0 Å². The van der Waals surface area contributed by atoms with Crippen molar-refractivity contribution in [2.45, 2.75) is 67.2 Å². The van der Waals surface area contributed by atoms with Crippen molar-refractivity contribution in [2.24, 2.45) is 0 Å². The summed E-state index contributed by atoms with van der Waals surface area (Å²) in [5, 5.41) is 0. The molecular formula is C33H39BN2. The monoisotopic (exact) mass is 474 g/mol. The molecule has 0 spiro atoms. The zero-order valence-electron chi connectivity index (χ0n) is 23.4. The SMILES string of the molecule is Cc1cccc(C)c1-c1cc(C)c2c(c1)N(C)B(c1c(C(C)C)cccc1C(C)C)n1ccc(C)c1-2. The smallest absolute Gasteiger partial charge is 0.394 e. The molecule has 2 nitrogen and oxygen atoms in total. The molecule has 0 aliphatic carbocycles. The molecule has 36 heavy (non-hydrogen) atoms. The van der Waals surface area contributed by atoms with E-state index in [0.29, 0.717) is 11.8 Å². The Morgan fingerprint density at radius 3 is 1.83 bits per heavy atom. The number of aryl methyl sites for hydroxylation is 4. The molecule has 1 aliphatic rings. The average Bonchev–Trinajstić information content (AvgIpc) is 3.19. The molecule has 0 amide bonds. The van der Waals surface area contributed by atoms with Crippen molar-refractivity contribution in [2.75, 3.05) is 11.9 Å². The second kappa shape index (κ2) is 9.03. The quantitative estimate of drug-likeness (QED) is 0.272. The molecule has 0 unspecified atom stereocenters. The molecule has 4 aromatic rings. The summed E-state index contributed by atoms with van der Waals surface area (Å²) in [4.78, 5) is 2.53. The Morgan fingerprint density at radius 1 is 0.667 bits per heavy atom. The number of aromatic nitrogens is 1. The number of hydrogen-bond donors (Lipinski definition) is 0. The third-order valence-corrected chi connectivity index (χ3v) is 8.12. The van der Waals surface area contributed by atoms with Crippen LogP contribution in [0.3, 0.4) is 0 Å². The fourth-order valence-electron chi connectivity index (χ4n) is 6.41. The first-order chi connectivity index (χ1) is 17.1. The molecule has 0 fully saturated rings. The Bertz CT molecular complexity index is 1410. The minimum absolute atomic E-state index is 0.116. The van der Waals surface area contributed by atoms with E-state index in [1.54, 1.807) is 0 Å². The fourth-order valence-corrected chi connectivity index (χ4v) is 6.41. The lowest BCUT2D eigenvalue weighted by molar-refractivity contribution is 0.842. The second-order valence-corrected chi connectivity index (χ2v) is 11.4. The van der Waals surface area contributed by atoms with E-state index in [4.69, 9.17) is 0 Å². The molecule has 0 radical (unpaired) electrons. The lowest BCUT2D eigenvalue weighted by Gasteiger charge is -2.39. The molecule has 0 N–H and O–H groups in total. The third-order valence-electron chi connectivity index (χ3n) is 8.12. The van der Waals surface area contributed by atoms with E-state index in [2.05, 4.69) is 133 Å². The Balaban J connectivity index is 1.82. The van der Waals surface area contributed by atoms with Gasteiger partial charge >= 0.3 is 6.98 Å². The Kier molecular flexibility index (Phi) is 6.15. The lowest BCUT2D eigenvalue weighted by Crippen LogP contribution is -2.56. The highest BCUT2D eigenvalue weighted by atomic mass is 15.2. The highest BCUT2D eigenvalue weighted by molar-refractivity contribution is 6.77. The van der Waals surface area contributed by atoms with E-state index in [-0.39, 0.29) is 6.98 Å². The maximum atomic E-state index is 2.53. The van der Waals surface area contributed by atoms with Gasteiger partial charge in [0.1, 0.15) is 0 Å². The largest absolute Gasteiger partial charge is 0.415 e. The van der Waals surface area contributed by atoms with E-state index in [0.717, 1.165) is 0 Å². The predicted octanol–water partition coefficient (Wildman–Crippen LogP) is 8.00. The minimum atomic E-state index is 0.116. The van der Waals surface area contributed by atoms with Crippen LogP contribution in [0, 0.1) is 27.7 Å². The highest BCUT2D eigenvalue weighted by Gasteiger charge is 2.39. The number of benzene rings is 3.